The highest BCUT2D eigenvalue weighted by Gasteiger charge is 2.11. The van der Waals surface area contributed by atoms with E-state index in [4.69, 9.17) is 5.73 Å². The summed E-state index contributed by atoms with van der Waals surface area (Å²) in [6, 6.07) is 3.05. The van der Waals surface area contributed by atoms with Gasteiger partial charge in [-0.2, -0.15) is 0 Å². The molecule has 0 aliphatic carbocycles. The molecule has 1 aromatic rings. The number of hydrogen-bond acceptors (Lipinski definition) is 2. The summed E-state index contributed by atoms with van der Waals surface area (Å²) in [5.41, 5.74) is 6.52. The van der Waals surface area contributed by atoms with Crippen LogP contribution in [-0.4, -0.2) is 11.8 Å². The second-order valence-corrected chi connectivity index (χ2v) is 4.63. The lowest BCUT2D eigenvalue weighted by Crippen LogP contribution is -2.10. The number of nitrogens with two attached hydrogens (primary N) is 1. The van der Waals surface area contributed by atoms with Crippen LogP contribution in [-0.2, 0) is 0 Å². The van der Waals surface area contributed by atoms with Gasteiger partial charge in [0.15, 0.2) is 0 Å². The van der Waals surface area contributed by atoms with Crippen LogP contribution in [0.15, 0.2) is 21.1 Å². The van der Waals surface area contributed by atoms with E-state index in [1.807, 2.05) is 0 Å². The molecule has 0 radical (unpaired) electrons. The first kappa shape index (κ1) is 11.9. The van der Waals surface area contributed by atoms with Gasteiger partial charge < -0.3 is 10.8 Å². The van der Waals surface area contributed by atoms with Crippen molar-refractivity contribution < 1.29 is 9.50 Å². The van der Waals surface area contributed by atoms with Crippen molar-refractivity contribution in [3.8, 4) is 5.75 Å². The van der Waals surface area contributed by atoms with Crippen LogP contribution in [0.25, 0.3) is 0 Å². The van der Waals surface area contributed by atoms with Crippen LogP contribution in [0, 0.1) is 0 Å². The monoisotopic (exact) mass is 325 g/mol. The summed E-state index contributed by atoms with van der Waals surface area (Å²) in [7, 11) is 0. The van der Waals surface area contributed by atoms with E-state index in [0.717, 1.165) is 5.56 Å². The molecule has 78 valence electrons. The molecule has 0 unspecified atom stereocenters. The summed E-state index contributed by atoms with van der Waals surface area (Å²) in [5, 5.41) is 9.43. The highest BCUT2D eigenvalue weighted by Crippen LogP contribution is 2.35. The number of alkyl halides is 1. The largest absolute Gasteiger partial charge is 0.506 e. The Hall–Kier alpha value is -0.130. The third-order valence-electron chi connectivity index (χ3n) is 1.89. The lowest BCUT2D eigenvalue weighted by molar-refractivity contribution is 0.440. The van der Waals surface area contributed by atoms with Gasteiger partial charge >= 0.3 is 0 Å². The fourth-order valence-corrected chi connectivity index (χ4v) is 2.31. The highest BCUT2D eigenvalue weighted by atomic mass is 79.9. The molecule has 0 saturated heterocycles. The lowest BCUT2D eigenvalue weighted by atomic mass is 10.1. The van der Waals surface area contributed by atoms with Gasteiger partial charge in [-0.1, -0.05) is 0 Å². The van der Waals surface area contributed by atoms with E-state index in [-0.39, 0.29) is 18.2 Å². The van der Waals surface area contributed by atoms with Gasteiger partial charge in [0.05, 0.1) is 15.6 Å². The van der Waals surface area contributed by atoms with Crippen molar-refractivity contribution in [2.75, 3.05) is 6.67 Å². The van der Waals surface area contributed by atoms with Crippen molar-refractivity contribution in [2.24, 2.45) is 5.73 Å². The molecule has 1 rings (SSSR count). The summed E-state index contributed by atoms with van der Waals surface area (Å²) in [4.78, 5) is 0. The molecule has 0 amide bonds. The Morgan fingerprint density at radius 3 is 2.29 bits per heavy atom. The molecule has 14 heavy (non-hydrogen) atoms. The zero-order chi connectivity index (χ0) is 10.7. The van der Waals surface area contributed by atoms with Gasteiger partial charge in [0.2, 0.25) is 0 Å². The summed E-state index contributed by atoms with van der Waals surface area (Å²) >= 11 is 6.37. The number of phenolic OH excluding ortho intramolecular Hbond substituents is 1. The molecule has 0 spiro atoms. The number of phenols is 1. The zero-order valence-electron chi connectivity index (χ0n) is 7.30. The minimum absolute atomic E-state index is 0.126. The van der Waals surface area contributed by atoms with Gasteiger partial charge in [0.1, 0.15) is 5.75 Å². The Morgan fingerprint density at radius 1 is 1.36 bits per heavy atom. The normalized spacial score (nSPS) is 12.9. The minimum Gasteiger partial charge on any atom is -0.506 e. The van der Waals surface area contributed by atoms with Crippen molar-refractivity contribution in [1.82, 2.24) is 0 Å². The fourth-order valence-electron chi connectivity index (χ4n) is 1.08. The van der Waals surface area contributed by atoms with Gasteiger partial charge in [-0.05, 0) is 56.0 Å². The van der Waals surface area contributed by atoms with Crippen LogP contribution < -0.4 is 5.73 Å². The van der Waals surface area contributed by atoms with E-state index in [0.29, 0.717) is 8.95 Å². The van der Waals surface area contributed by atoms with Crippen LogP contribution in [0.4, 0.5) is 4.39 Å². The van der Waals surface area contributed by atoms with Crippen molar-refractivity contribution in [2.45, 2.75) is 12.5 Å². The number of benzene rings is 1. The van der Waals surface area contributed by atoms with E-state index >= 15 is 0 Å². The predicted octanol–water partition coefficient (Wildman–Crippen LogP) is 3.28. The molecule has 0 aromatic heterocycles. The molecule has 0 aliphatic rings. The molecule has 1 aromatic carbocycles. The van der Waals surface area contributed by atoms with Gasteiger partial charge in [0.25, 0.3) is 0 Å². The minimum atomic E-state index is -0.447. The quantitative estimate of drug-likeness (QED) is 0.895. The molecule has 1 atom stereocenters. The second kappa shape index (κ2) is 5.09. The number of hydrogen-bond donors (Lipinski definition) is 2. The van der Waals surface area contributed by atoms with Gasteiger partial charge in [-0.25, -0.2) is 0 Å². The summed E-state index contributed by atoms with van der Waals surface area (Å²) < 4.78 is 13.2. The van der Waals surface area contributed by atoms with E-state index in [2.05, 4.69) is 31.9 Å². The molecular formula is C9H10Br2FNO. The maximum absolute atomic E-state index is 12.1. The van der Waals surface area contributed by atoms with E-state index in [1.54, 1.807) is 12.1 Å². The molecule has 0 aliphatic heterocycles. The van der Waals surface area contributed by atoms with E-state index < -0.39 is 6.67 Å². The Kier molecular flexibility index (Phi) is 4.34. The Labute approximate surface area is 98.6 Å². The maximum Gasteiger partial charge on any atom is 0.143 e. The third kappa shape index (κ3) is 2.68. The van der Waals surface area contributed by atoms with Crippen LogP contribution in [0.3, 0.4) is 0 Å². The van der Waals surface area contributed by atoms with Gasteiger partial charge in [0, 0.05) is 6.04 Å². The summed E-state index contributed by atoms with van der Waals surface area (Å²) in [5.74, 6) is 0.126. The lowest BCUT2D eigenvalue weighted by Gasteiger charge is -2.11. The maximum atomic E-state index is 12.1. The number of halogens is 3. The van der Waals surface area contributed by atoms with Crippen LogP contribution in [0.1, 0.15) is 18.0 Å². The van der Waals surface area contributed by atoms with Crippen LogP contribution in [0.5, 0.6) is 5.75 Å². The standard InChI is InChI=1S/C9H10Br2FNO/c10-6-3-5(8(13)1-2-12)4-7(11)9(6)14/h3-4,8,14H,1-2,13H2/t8-/m0/s1. The SMILES string of the molecule is N[C@@H](CCF)c1cc(Br)c(O)c(Br)c1. The zero-order valence-corrected chi connectivity index (χ0v) is 10.5. The first-order valence-corrected chi connectivity index (χ1v) is 5.64. The number of rotatable bonds is 3. The molecule has 0 fully saturated rings. The molecule has 0 heterocycles. The van der Waals surface area contributed by atoms with E-state index in [9.17, 15) is 9.50 Å². The molecule has 2 nitrogen and oxygen atoms in total. The van der Waals surface area contributed by atoms with Crippen molar-refractivity contribution in [3.63, 3.8) is 0 Å². The van der Waals surface area contributed by atoms with Crippen molar-refractivity contribution in [3.05, 3.63) is 26.6 Å². The highest BCUT2D eigenvalue weighted by molar-refractivity contribution is 9.11. The smallest absolute Gasteiger partial charge is 0.143 e. The van der Waals surface area contributed by atoms with E-state index in [1.165, 1.54) is 0 Å². The first-order chi connectivity index (χ1) is 6.56. The Balaban J connectivity index is 3.00. The summed E-state index contributed by atoms with van der Waals surface area (Å²) in [6.07, 6.45) is 0.281. The van der Waals surface area contributed by atoms with Crippen molar-refractivity contribution >= 4 is 31.9 Å². The topological polar surface area (TPSA) is 46.2 Å². The van der Waals surface area contributed by atoms with Crippen LogP contribution in [0.2, 0.25) is 0 Å². The summed E-state index contributed by atoms with van der Waals surface area (Å²) in [6.45, 7) is -0.447. The molecule has 0 saturated carbocycles. The average molecular weight is 327 g/mol. The second-order valence-electron chi connectivity index (χ2n) is 2.92. The third-order valence-corrected chi connectivity index (χ3v) is 3.10. The molecule has 0 bridgehead atoms. The van der Waals surface area contributed by atoms with Crippen LogP contribution >= 0.6 is 31.9 Å². The molecule has 3 N–H and O–H groups in total. The fraction of sp³-hybridized carbons (Fsp3) is 0.333. The molecular weight excluding hydrogens is 317 g/mol. The predicted molar refractivity (Wildman–Crippen MR) is 61.0 cm³/mol. The first-order valence-electron chi connectivity index (χ1n) is 4.05. The number of aromatic hydroxyl groups is 1. The Morgan fingerprint density at radius 2 is 1.86 bits per heavy atom. The average Bonchev–Trinajstić information content (AvgIpc) is 2.13. The van der Waals surface area contributed by atoms with Gasteiger partial charge in [-0.15, -0.1) is 0 Å². The molecule has 5 heteroatoms. The van der Waals surface area contributed by atoms with Gasteiger partial charge in [-0.3, -0.25) is 4.39 Å². The Bertz CT molecular complexity index is 310. The van der Waals surface area contributed by atoms with Crippen molar-refractivity contribution in [1.29, 1.82) is 0 Å².